The summed E-state index contributed by atoms with van der Waals surface area (Å²) in [5, 5.41) is 2.80. The summed E-state index contributed by atoms with van der Waals surface area (Å²) in [6.07, 6.45) is 4.56. The lowest BCUT2D eigenvalue weighted by Gasteiger charge is -2.05. The van der Waals surface area contributed by atoms with Gasteiger partial charge < -0.3 is 5.32 Å². The van der Waals surface area contributed by atoms with Crippen LogP contribution in [0.4, 0.5) is 0 Å². The zero-order valence-corrected chi connectivity index (χ0v) is 12.5. The van der Waals surface area contributed by atoms with Crippen LogP contribution in [0.3, 0.4) is 0 Å². The molecule has 110 valence electrons. The number of nitrogens with zero attached hydrogens (tertiary/aromatic N) is 1. The van der Waals surface area contributed by atoms with Crippen molar-refractivity contribution in [3.8, 4) is 0 Å². The van der Waals surface area contributed by atoms with E-state index >= 15 is 0 Å². The number of nitrogens with one attached hydrogen (secondary N) is 1. The number of hydrogen-bond donors (Lipinski definition) is 1. The largest absolute Gasteiger partial charge is 0.355 e. The third-order valence-corrected chi connectivity index (χ3v) is 4.35. The van der Waals surface area contributed by atoms with Gasteiger partial charge in [-0.2, -0.15) is 0 Å². The van der Waals surface area contributed by atoms with Crippen molar-refractivity contribution in [2.45, 2.75) is 17.7 Å². The predicted molar refractivity (Wildman–Crippen MR) is 83.3 cm³/mol. The minimum absolute atomic E-state index is 0.0242. The van der Waals surface area contributed by atoms with Gasteiger partial charge in [-0.05, 0) is 30.2 Å². The van der Waals surface area contributed by atoms with Crippen molar-refractivity contribution in [1.82, 2.24) is 10.3 Å². The zero-order chi connectivity index (χ0) is 14.9. The number of rotatable bonds is 7. The summed E-state index contributed by atoms with van der Waals surface area (Å²) < 4.78 is 12.0. The summed E-state index contributed by atoms with van der Waals surface area (Å²) >= 11 is 0. The molecule has 0 spiro atoms. The predicted octanol–water partition coefficient (Wildman–Crippen LogP) is 1.94. The fourth-order valence-corrected chi connectivity index (χ4v) is 2.85. The molecule has 0 fully saturated rings. The van der Waals surface area contributed by atoms with Gasteiger partial charge in [0.05, 0.1) is 10.8 Å². The molecule has 21 heavy (non-hydrogen) atoms. The summed E-state index contributed by atoms with van der Waals surface area (Å²) in [7, 11) is -1.06. The Morgan fingerprint density at radius 3 is 2.67 bits per heavy atom. The number of carbonyl (C=O) groups excluding carboxylic acids is 1. The number of aromatic nitrogens is 1. The van der Waals surface area contributed by atoms with Gasteiger partial charge in [0, 0.05) is 36.0 Å². The van der Waals surface area contributed by atoms with Crippen LogP contribution in [0.25, 0.3) is 0 Å². The quantitative estimate of drug-likeness (QED) is 0.850. The van der Waals surface area contributed by atoms with Gasteiger partial charge in [0.15, 0.2) is 0 Å². The molecule has 1 aromatic carbocycles. The molecule has 0 aliphatic rings. The number of amides is 1. The van der Waals surface area contributed by atoms with E-state index in [0.29, 0.717) is 25.1 Å². The molecule has 2 aromatic rings. The van der Waals surface area contributed by atoms with E-state index in [1.54, 1.807) is 12.4 Å². The molecule has 1 N–H and O–H groups in total. The highest BCUT2D eigenvalue weighted by atomic mass is 32.2. The van der Waals surface area contributed by atoms with Crippen LogP contribution in [-0.2, 0) is 22.0 Å². The van der Waals surface area contributed by atoms with Crippen molar-refractivity contribution >= 4 is 16.7 Å². The Balaban J connectivity index is 1.66. The van der Waals surface area contributed by atoms with Crippen molar-refractivity contribution < 1.29 is 9.00 Å². The van der Waals surface area contributed by atoms with E-state index in [1.165, 1.54) is 0 Å². The van der Waals surface area contributed by atoms with E-state index in [-0.39, 0.29) is 5.91 Å². The molecule has 1 amide bonds. The van der Waals surface area contributed by atoms with Crippen LogP contribution in [-0.4, -0.2) is 27.4 Å². The Hall–Kier alpha value is -2.01. The SMILES string of the molecule is O=C(CCc1cccnc1)NCC[S@@](=O)c1ccccc1. The molecule has 0 radical (unpaired) electrons. The van der Waals surface area contributed by atoms with E-state index in [4.69, 9.17) is 0 Å². The highest BCUT2D eigenvalue weighted by molar-refractivity contribution is 7.85. The Kier molecular flexibility index (Phi) is 6.09. The summed E-state index contributed by atoms with van der Waals surface area (Å²) in [6.45, 7) is 0.424. The van der Waals surface area contributed by atoms with Gasteiger partial charge in [-0.25, -0.2) is 0 Å². The van der Waals surface area contributed by atoms with E-state index in [1.807, 2.05) is 42.5 Å². The Morgan fingerprint density at radius 2 is 1.95 bits per heavy atom. The minimum Gasteiger partial charge on any atom is -0.355 e. The van der Waals surface area contributed by atoms with Crippen molar-refractivity contribution in [1.29, 1.82) is 0 Å². The molecule has 1 heterocycles. The van der Waals surface area contributed by atoms with Gasteiger partial charge in [-0.3, -0.25) is 14.0 Å². The topological polar surface area (TPSA) is 59.1 Å². The average Bonchev–Trinajstić information content (AvgIpc) is 2.54. The lowest BCUT2D eigenvalue weighted by atomic mass is 10.1. The van der Waals surface area contributed by atoms with Gasteiger partial charge in [-0.15, -0.1) is 0 Å². The number of carbonyl (C=O) groups is 1. The first kappa shape index (κ1) is 15.4. The van der Waals surface area contributed by atoms with Crippen LogP contribution < -0.4 is 5.32 Å². The summed E-state index contributed by atoms with van der Waals surface area (Å²) in [5.41, 5.74) is 1.04. The second-order valence-corrected chi connectivity index (χ2v) is 6.14. The van der Waals surface area contributed by atoms with Crippen molar-refractivity contribution in [2.75, 3.05) is 12.3 Å². The van der Waals surface area contributed by atoms with Crippen molar-refractivity contribution in [3.05, 3.63) is 60.4 Å². The maximum Gasteiger partial charge on any atom is 0.220 e. The molecule has 1 atom stereocenters. The maximum atomic E-state index is 12.0. The van der Waals surface area contributed by atoms with Crippen LogP contribution >= 0.6 is 0 Å². The molecular formula is C16H18N2O2S. The summed E-state index contributed by atoms with van der Waals surface area (Å²) in [5.74, 6) is 0.409. The van der Waals surface area contributed by atoms with Crippen LogP contribution in [0, 0.1) is 0 Å². The first-order valence-corrected chi connectivity index (χ1v) is 8.16. The van der Waals surface area contributed by atoms with Crippen molar-refractivity contribution in [2.24, 2.45) is 0 Å². The first-order valence-electron chi connectivity index (χ1n) is 6.85. The molecule has 5 heteroatoms. The van der Waals surface area contributed by atoms with Gasteiger partial charge in [0.2, 0.25) is 5.91 Å². The van der Waals surface area contributed by atoms with Crippen LogP contribution in [0.15, 0.2) is 59.8 Å². The van der Waals surface area contributed by atoms with E-state index in [9.17, 15) is 9.00 Å². The summed E-state index contributed by atoms with van der Waals surface area (Å²) in [6, 6.07) is 13.1. The number of pyridine rings is 1. The smallest absolute Gasteiger partial charge is 0.220 e. The van der Waals surface area contributed by atoms with Gasteiger partial charge in [0.1, 0.15) is 0 Å². The second kappa shape index (κ2) is 8.32. The molecule has 0 aliphatic heterocycles. The molecule has 0 bridgehead atoms. The summed E-state index contributed by atoms with van der Waals surface area (Å²) in [4.78, 5) is 16.5. The first-order chi connectivity index (χ1) is 10.3. The molecule has 0 unspecified atom stereocenters. The molecular weight excluding hydrogens is 284 g/mol. The van der Waals surface area contributed by atoms with Gasteiger partial charge >= 0.3 is 0 Å². The maximum absolute atomic E-state index is 12.0. The lowest BCUT2D eigenvalue weighted by molar-refractivity contribution is -0.120. The fraction of sp³-hybridized carbons (Fsp3) is 0.250. The monoisotopic (exact) mass is 302 g/mol. The molecule has 0 saturated heterocycles. The third-order valence-electron chi connectivity index (χ3n) is 2.98. The molecule has 0 saturated carbocycles. The van der Waals surface area contributed by atoms with E-state index in [0.717, 1.165) is 10.5 Å². The third kappa shape index (κ3) is 5.47. The highest BCUT2D eigenvalue weighted by Crippen LogP contribution is 2.05. The minimum atomic E-state index is -1.06. The van der Waals surface area contributed by atoms with Crippen molar-refractivity contribution in [3.63, 3.8) is 0 Å². The van der Waals surface area contributed by atoms with Crippen LogP contribution in [0.1, 0.15) is 12.0 Å². The Morgan fingerprint density at radius 1 is 1.14 bits per heavy atom. The molecule has 1 aromatic heterocycles. The number of benzene rings is 1. The van der Waals surface area contributed by atoms with Gasteiger partial charge in [0.25, 0.3) is 0 Å². The van der Waals surface area contributed by atoms with Crippen LogP contribution in [0.2, 0.25) is 0 Å². The zero-order valence-electron chi connectivity index (χ0n) is 11.7. The Labute approximate surface area is 127 Å². The average molecular weight is 302 g/mol. The fourth-order valence-electron chi connectivity index (χ4n) is 1.87. The lowest BCUT2D eigenvalue weighted by Crippen LogP contribution is -2.27. The van der Waals surface area contributed by atoms with E-state index in [2.05, 4.69) is 10.3 Å². The molecule has 4 nitrogen and oxygen atoms in total. The standard InChI is InChI=1S/C16H18N2O2S/c19-16(9-8-14-5-4-10-17-13-14)18-11-12-21(20)15-6-2-1-3-7-15/h1-7,10,13H,8-9,11-12H2,(H,18,19)/t21-/m1/s1. The normalized spacial score (nSPS) is 11.8. The van der Waals surface area contributed by atoms with E-state index < -0.39 is 10.8 Å². The molecule has 2 rings (SSSR count). The second-order valence-electron chi connectivity index (χ2n) is 4.57. The van der Waals surface area contributed by atoms with Crippen LogP contribution in [0.5, 0.6) is 0 Å². The highest BCUT2D eigenvalue weighted by Gasteiger charge is 2.05. The Bertz CT molecular complexity index is 588. The number of hydrogen-bond acceptors (Lipinski definition) is 3. The van der Waals surface area contributed by atoms with Gasteiger partial charge in [-0.1, -0.05) is 24.3 Å². The number of aryl methyl sites for hydroxylation is 1. The molecule has 0 aliphatic carbocycles.